The van der Waals surface area contributed by atoms with Crippen molar-refractivity contribution >= 4 is 17.6 Å². The van der Waals surface area contributed by atoms with Gasteiger partial charge in [-0.15, -0.1) is 0 Å². The highest BCUT2D eigenvalue weighted by molar-refractivity contribution is 7.98. The maximum absolute atomic E-state index is 4.59. The number of thioether (sulfide) groups is 1. The van der Waals surface area contributed by atoms with E-state index in [1.165, 1.54) is 5.56 Å². The van der Waals surface area contributed by atoms with Gasteiger partial charge in [0.1, 0.15) is 5.82 Å². The fourth-order valence-electron chi connectivity index (χ4n) is 2.15. The quantitative estimate of drug-likeness (QED) is 0.704. The minimum Gasteiger partial charge on any atom is -0.356 e. The molecular weight excluding hydrogens is 254 g/mol. The molecule has 19 heavy (non-hydrogen) atoms. The predicted molar refractivity (Wildman–Crippen MR) is 87.1 cm³/mol. The van der Waals surface area contributed by atoms with E-state index in [0.717, 1.165) is 37.5 Å². The van der Waals surface area contributed by atoms with Crippen molar-refractivity contribution in [1.82, 2.24) is 10.3 Å². The molecular formula is C15H27N3S. The van der Waals surface area contributed by atoms with Gasteiger partial charge in [0.15, 0.2) is 0 Å². The summed E-state index contributed by atoms with van der Waals surface area (Å²) in [7, 11) is 2.16. The summed E-state index contributed by atoms with van der Waals surface area (Å²) in [5, 5.41) is 3.46. The molecule has 0 radical (unpaired) electrons. The van der Waals surface area contributed by atoms with E-state index in [0.29, 0.717) is 6.04 Å². The monoisotopic (exact) mass is 281 g/mol. The van der Waals surface area contributed by atoms with Gasteiger partial charge < -0.3 is 10.2 Å². The molecule has 0 saturated heterocycles. The maximum Gasteiger partial charge on any atom is 0.133 e. The summed E-state index contributed by atoms with van der Waals surface area (Å²) in [6.45, 7) is 6.39. The van der Waals surface area contributed by atoms with Crippen LogP contribution in [0, 0.1) is 0 Å². The van der Waals surface area contributed by atoms with E-state index in [4.69, 9.17) is 0 Å². The van der Waals surface area contributed by atoms with Crippen molar-refractivity contribution in [2.45, 2.75) is 39.3 Å². The summed E-state index contributed by atoms with van der Waals surface area (Å²) in [6, 6.07) is 4.75. The molecule has 0 aromatic carbocycles. The van der Waals surface area contributed by atoms with Gasteiger partial charge in [0.05, 0.1) is 0 Å². The first-order chi connectivity index (χ1) is 9.24. The van der Waals surface area contributed by atoms with E-state index in [2.05, 4.69) is 48.4 Å². The standard InChI is InChI=1S/C15H27N3S/c1-5-9-16-11-13-8-7-10-17-15(13)18(3)14(6-2)12-19-4/h7-8,10,14,16H,5-6,9,11-12H2,1-4H3. The lowest BCUT2D eigenvalue weighted by molar-refractivity contribution is 0.645. The number of aromatic nitrogens is 1. The molecule has 1 aromatic rings. The molecule has 0 aliphatic rings. The van der Waals surface area contributed by atoms with Crippen LogP contribution in [0.5, 0.6) is 0 Å². The van der Waals surface area contributed by atoms with Gasteiger partial charge in [0.2, 0.25) is 0 Å². The molecule has 108 valence electrons. The Balaban J connectivity index is 2.79. The molecule has 4 heteroatoms. The first-order valence-corrected chi connectivity index (χ1v) is 8.50. The van der Waals surface area contributed by atoms with Crippen molar-refractivity contribution < 1.29 is 0 Å². The highest BCUT2D eigenvalue weighted by Gasteiger charge is 2.16. The minimum atomic E-state index is 0.551. The number of nitrogens with zero attached hydrogens (tertiary/aromatic N) is 2. The van der Waals surface area contributed by atoms with Crippen LogP contribution in [0.1, 0.15) is 32.3 Å². The largest absolute Gasteiger partial charge is 0.356 e. The van der Waals surface area contributed by atoms with Crippen molar-refractivity contribution in [3.63, 3.8) is 0 Å². The molecule has 0 saturated carbocycles. The van der Waals surface area contributed by atoms with Crippen LogP contribution in [0.3, 0.4) is 0 Å². The third-order valence-electron chi connectivity index (χ3n) is 3.32. The molecule has 0 aliphatic heterocycles. The number of pyridine rings is 1. The zero-order valence-electron chi connectivity index (χ0n) is 12.6. The molecule has 0 bridgehead atoms. The van der Waals surface area contributed by atoms with Crippen molar-refractivity contribution in [1.29, 1.82) is 0 Å². The van der Waals surface area contributed by atoms with Gasteiger partial charge in [0, 0.05) is 37.1 Å². The Bertz CT molecular complexity index is 357. The second kappa shape index (κ2) is 9.21. The molecule has 1 atom stereocenters. The van der Waals surface area contributed by atoms with Crippen molar-refractivity contribution in [3.05, 3.63) is 23.9 Å². The lowest BCUT2D eigenvalue weighted by atomic mass is 10.2. The van der Waals surface area contributed by atoms with E-state index in [1.54, 1.807) is 0 Å². The number of rotatable bonds is 9. The second-order valence-corrected chi connectivity index (χ2v) is 5.70. The summed E-state index contributed by atoms with van der Waals surface area (Å²) in [5.74, 6) is 2.26. The second-order valence-electron chi connectivity index (χ2n) is 4.79. The van der Waals surface area contributed by atoms with Crippen molar-refractivity contribution in [2.75, 3.05) is 30.5 Å². The fraction of sp³-hybridized carbons (Fsp3) is 0.667. The van der Waals surface area contributed by atoms with Crippen LogP contribution in [0.2, 0.25) is 0 Å². The topological polar surface area (TPSA) is 28.2 Å². The smallest absolute Gasteiger partial charge is 0.133 e. The normalized spacial score (nSPS) is 12.4. The maximum atomic E-state index is 4.59. The molecule has 3 nitrogen and oxygen atoms in total. The van der Waals surface area contributed by atoms with Crippen molar-refractivity contribution in [2.24, 2.45) is 0 Å². The van der Waals surface area contributed by atoms with Crippen LogP contribution < -0.4 is 10.2 Å². The van der Waals surface area contributed by atoms with Crippen LogP contribution in [0.4, 0.5) is 5.82 Å². The molecule has 1 unspecified atom stereocenters. The van der Waals surface area contributed by atoms with Gasteiger partial charge >= 0.3 is 0 Å². The molecule has 0 amide bonds. The lowest BCUT2D eigenvalue weighted by Crippen LogP contribution is -2.35. The average Bonchev–Trinajstić information content (AvgIpc) is 2.45. The van der Waals surface area contributed by atoms with Gasteiger partial charge in [-0.1, -0.05) is 19.9 Å². The molecule has 1 aromatic heterocycles. The van der Waals surface area contributed by atoms with Gasteiger partial charge in [-0.05, 0) is 31.7 Å². The number of hydrogen-bond donors (Lipinski definition) is 1. The summed E-state index contributed by atoms with van der Waals surface area (Å²) in [5.41, 5.74) is 1.29. The molecule has 0 aliphatic carbocycles. The van der Waals surface area contributed by atoms with Gasteiger partial charge in [-0.2, -0.15) is 11.8 Å². The molecule has 0 fully saturated rings. The molecule has 1 rings (SSSR count). The van der Waals surface area contributed by atoms with Gasteiger partial charge in [-0.3, -0.25) is 0 Å². The highest BCUT2D eigenvalue weighted by atomic mass is 32.2. The van der Waals surface area contributed by atoms with Crippen LogP contribution >= 0.6 is 11.8 Å². The van der Waals surface area contributed by atoms with Gasteiger partial charge in [0.25, 0.3) is 0 Å². The molecule has 1 N–H and O–H groups in total. The zero-order chi connectivity index (χ0) is 14.1. The Morgan fingerprint density at radius 1 is 1.42 bits per heavy atom. The first kappa shape index (κ1) is 16.3. The lowest BCUT2D eigenvalue weighted by Gasteiger charge is -2.29. The summed E-state index contributed by atoms with van der Waals surface area (Å²) >= 11 is 1.90. The first-order valence-electron chi connectivity index (χ1n) is 7.10. The predicted octanol–water partition coefficient (Wildman–Crippen LogP) is 3.16. The Kier molecular flexibility index (Phi) is 7.91. The third-order valence-corrected chi connectivity index (χ3v) is 4.04. The fourth-order valence-corrected chi connectivity index (χ4v) is 3.00. The van der Waals surface area contributed by atoms with Gasteiger partial charge in [-0.25, -0.2) is 4.98 Å². The van der Waals surface area contributed by atoms with E-state index in [1.807, 2.05) is 24.0 Å². The van der Waals surface area contributed by atoms with Crippen LogP contribution in [0.25, 0.3) is 0 Å². The molecule has 1 heterocycles. The summed E-state index contributed by atoms with van der Waals surface area (Å²) in [6.07, 6.45) is 6.37. The third kappa shape index (κ3) is 5.03. The summed E-state index contributed by atoms with van der Waals surface area (Å²) < 4.78 is 0. The Morgan fingerprint density at radius 3 is 2.84 bits per heavy atom. The average molecular weight is 281 g/mol. The van der Waals surface area contributed by atoms with Crippen molar-refractivity contribution in [3.8, 4) is 0 Å². The minimum absolute atomic E-state index is 0.551. The van der Waals surface area contributed by atoms with Crippen LogP contribution in [-0.2, 0) is 6.54 Å². The Hall–Kier alpha value is -0.740. The zero-order valence-corrected chi connectivity index (χ0v) is 13.5. The Labute approximate surface area is 122 Å². The number of nitrogens with one attached hydrogen (secondary N) is 1. The van der Waals surface area contributed by atoms with E-state index in [-0.39, 0.29) is 0 Å². The van der Waals surface area contributed by atoms with E-state index >= 15 is 0 Å². The van der Waals surface area contributed by atoms with Crippen LogP contribution in [-0.4, -0.2) is 36.6 Å². The highest BCUT2D eigenvalue weighted by Crippen LogP contribution is 2.20. The Morgan fingerprint density at radius 2 is 2.21 bits per heavy atom. The summed E-state index contributed by atoms with van der Waals surface area (Å²) in [4.78, 5) is 6.92. The molecule has 0 spiro atoms. The SMILES string of the molecule is CCCNCc1cccnc1N(C)C(CC)CSC. The van der Waals surface area contributed by atoms with E-state index in [9.17, 15) is 0 Å². The van der Waals surface area contributed by atoms with Crippen LogP contribution in [0.15, 0.2) is 18.3 Å². The number of anilines is 1. The number of hydrogen-bond acceptors (Lipinski definition) is 4. The van der Waals surface area contributed by atoms with E-state index < -0.39 is 0 Å².